The predicted molar refractivity (Wildman–Crippen MR) is 83.3 cm³/mol. The molecule has 0 aliphatic heterocycles. The van der Waals surface area contributed by atoms with Crippen molar-refractivity contribution in [1.29, 1.82) is 0 Å². The molecule has 106 valence electrons. The number of rotatable bonds is 2. The molecule has 0 unspecified atom stereocenters. The number of para-hydroxylation sites is 1. The number of hydrogen-bond donors (Lipinski definition) is 1. The largest absolute Gasteiger partial charge is 0.477 e. The Balaban J connectivity index is 2.43. The number of benzene rings is 1. The molecule has 3 aromatic rings. The molecule has 21 heavy (non-hydrogen) atoms. The van der Waals surface area contributed by atoms with Gasteiger partial charge in [-0.1, -0.05) is 12.1 Å². The van der Waals surface area contributed by atoms with E-state index in [1.165, 1.54) is 0 Å². The number of aromatic nitrogens is 3. The van der Waals surface area contributed by atoms with Crippen LogP contribution in [0, 0.1) is 6.92 Å². The predicted octanol–water partition coefficient (Wildman–Crippen LogP) is 3.40. The second-order valence-corrected chi connectivity index (χ2v) is 5.62. The molecule has 0 amide bonds. The fourth-order valence-electron chi connectivity index (χ4n) is 2.31. The Morgan fingerprint density at radius 3 is 2.71 bits per heavy atom. The van der Waals surface area contributed by atoms with E-state index in [9.17, 15) is 9.90 Å². The fourth-order valence-corrected chi connectivity index (χ4v) is 2.76. The highest BCUT2D eigenvalue weighted by Gasteiger charge is 2.16. The van der Waals surface area contributed by atoms with E-state index in [1.807, 2.05) is 32.2 Å². The molecule has 0 atom stereocenters. The Hall–Kier alpha value is -2.21. The third-order valence-corrected chi connectivity index (χ3v) is 4.17. The van der Waals surface area contributed by atoms with E-state index in [4.69, 9.17) is 0 Å². The van der Waals surface area contributed by atoms with Gasteiger partial charge >= 0.3 is 5.97 Å². The molecule has 0 aliphatic rings. The minimum absolute atomic E-state index is 0.0210. The maximum absolute atomic E-state index is 11.3. The third kappa shape index (κ3) is 2.21. The van der Waals surface area contributed by atoms with Gasteiger partial charge in [-0.3, -0.25) is 4.68 Å². The number of hydrogen-bond acceptors (Lipinski definition) is 3. The van der Waals surface area contributed by atoms with Crippen molar-refractivity contribution in [3.8, 4) is 11.1 Å². The van der Waals surface area contributed by atoms with E-state index in [1.54, 1.807) is 16.9 Å². The van der Waals surface area contributed by atoms with Gasteiger partial charge in [-0.05, 0) is 40.5 Å². The molecule has 1 N–H and O–H groups in total. The summed E-state index contributed by atoms with van der Waals surface area (Å²) in [6, 6.07) is 7.28. The smallest absolute Gasteiger partial charge is 0.354 e. The van der Waals surface area contributed by atoms with Crippen LogP contribution in [0.4, 0.5) is 0 Å². The molecule has 2 aromatic heterocycles. The topological polar surface area (TPSA) is 68.0 Å². The molecule has 3 rings (SSSR count). The molecule has 0 aliphatic carbocycles. The van der Waals surface area contributed by atoms with E-state index in [2.05, 4.69) is 26.0 Å². The summed E-state index contributed by atoms with van der Waals surface area (Å²) in [5.41, 5.74) is 3.36. The van der Waals surface area contributed by atoms with Crippen LogP contribution in [0.1, 0.15) is 16.2 Å². The van der Waals surface area contributed by atoms with Crippen molar-refractivity contribution < 1.29 is 9.90 Å². The zero-order chi connectivity index (χ0) is 15.1. The Morgan fingerprint density at radius 1 is 1.33 bits per heavy atom. The Kier molecular flexibility index (Phi) is 3.25. The number of pyridine rings is 1. The lowest BCUT2D eigenvalue weighted by Gasteiger charge is -2.09. The van der Waals surface area contributed by atoms with E-state index < -0.39 is 5.97 Å². The SMILES string of the molecule is Cc1c(-c2cc(C(=O)O)nc3c(Br)cccc23)cnn1C. The van der Waals surface area contributed by atoms with Crippen molar-refractivity contribution in [2.45, 2.75) is 6.92 Å². The lowest BCUT2D eigenvalue weighted by molar-refractivity contribution is 0.0691. The quantitative estimate of drug-likeness (QED) is 0.772. The number of carbonyl (C=O) groups is 1. The highest BCUT2D eigenvalue weighted by atomic mass is 79.9. The second-order valence-electron chi connectivity index (χ2n) is 4.76. The molecule has 5 nitrogen and oxygen atoms in total. The minimum Gasteiger partial charge on any atom is -0.477 e. The molecule has 2 heterocycles. The molecule has 0 radical (unpaired) electrons. The van der Waals surface area contributed by atoms with E-state index in [0.717, 1.165) is 26.7 Å². The number of aromatic carboxylic acids is 1. The first-order valence-corrected chi connectivity index (χ1v) is 7.10. The van der Waals surface area contributed by atoms with E-state index in [-0.39, 0.29) is 5.69 Å². The molecule has 0 spiro atoms. The summed E-state index contributed by atoms with van der Waals surface area (Å²) in [6.07, 6.45) is 1.75. The van der Waals surface area contributed by atoms with Gasteiger partial charge in [0.2, 0.25) is 0 Å². The molecule has 6 heteroatoms. The number of carboxylic acids is 1. The highest BCUT2D eigenvalue weighted by molar-refractivity contribution is 9.10. The van der Waals surface area contributed by atoms with E-state index in [0.29, 0.717) is 5.52 Å². The molecule has 1 aromatic carbocycles. The molecule has 0 saturated carbocycles. The Morgan fingerprint density at radius 2 is 2.10 bits per heavy atom. The summed E-state index contributed by atoms with van der Waals surface area (Å²) >= 11 is 3.43. The highest BCUT2D eigenvalue weighted by Crippen LogP contribution is 2.33. The Labute approximate surface area is 129 Å². The summed E-state index contributed by atoms with van der Waals surface area (Å²) < 4.78 is 2.53. The normalized spacial score (nSPS) is 11.0. The lowest BCUT2D eigenvalue weighted by Crippen LogP contribution is -2.02. The zero-order valence-corrected chi connectivity index (χ0v) is 13.0. The molecule has 0 bridgehead atoms. The van der Waals surface area contributed by atoms with Crippen LogP contribution in [0.5, 0.6) is 0 Å². The molecular weight excluding hydrogens is 334 g/mol. The van der Waals surface area contributed by atoms with Gasteiger partial charge in [-0.25, -0.2) is 9.78 Å². The average molecular weight is 346 g/mol. The van der Waals surface area contributed by atoms with Crippen LogP contribution >= 0.6 is 15.9 Å². The monoisotopic (exact) mass is 345 g/mol. The van der Waals surface area contributed by atoms with Gasteiger partial charge < -0.3 is 5.11 Å². The summed E-state index contributed by atoms with van der Waals surface area (Å²) in [6.45, 7) is 1.95. The number of carboxylic acid groups (broad SMARTS) is 1. The maximum Gasteiger partial charge on any atom is 0.354 e. The average Bonchev–Trinajstić information content (AvgIpc) is 2.78. The first-order chi connectivity index (χ1) is 9.99. The fraction of sp³-hybridized carbons (Fsp3) is 0.133. The van der Waals surface area contributed by atoms with Crippen molar-refractivity contribution in [2.24, 2.45) is 7.05 Å². The summed E-state index contributed by atoms with van der Waals surface area (Å²) in [5, 5.41) is 14.4. The van der Waals surface area contributed by atoms with Crippen LogP contribution < -0.4 is 0 Å². The van der Waals surface area contributed by atoms with Crippen LogP contribution in [0.25, 0.3) is 22.0 Å². The van der Waals surface area contributed by atoms with Crippen LogP contribution in [0.2, 0.25) is 0 Å². The summed E-state index contributed by atoms with van der Waals surface area (Å²) in [5.74, 6) is -1.05. The lowest BCUT2D eigenvalue weighted by atomic mass is 10.0. The second kappa shape index (κ2) is 4.96. The maximum atomic E-state index is 11.3. The number of halogens is 1. The van der Waals surface area contributed by atoms with Crippen LogP contribution in [-0.4, -0.2) is 25.8 Å². The zero-order valence-electron chi connectivity index (χ0n) is 11.5. The summed E-state index contributed by atoms with van der Waals surface area (Å²) in [7, 11) is 1.86. The molecule has 0 saturated heterocycles. The van der Waals surface area contributed by atoms with E-state index >= 15 is 0 Å². The number of aryl methyl sites for hydroxylation is 1. The van der Waals surface area contributed by atoms with Gasteiger partial charge in [0, 0.05) is 28.2 Å². The molecule has 0 fully saturated rings. The van der Waals surface area contributed by atoms with Gasteiger partial charge in [-0.15, -0.1) is 0 Å². The summed E-state index contributed by atoms with van der Waals surface area (Å²) in [4.78, 5) is 15.6. The molecular formula is C15H12BrN3O2. The van der Waals surface area contributed by atoms with Crippen LogP contribution in [-0.2, 0) is 7.05 Å². The standard InChI is InChI=1S/C15H12BrN3O2/c1-8-11(7-17-19(8)2)10-6-13(15(20)21)18-14-9(10)4-3-5-12(14)16/h3-7H,1-2H3,(H,20,21). The van der Waals surface area contributed by atoms with Gasteiger partial charge in [0.1, 0.15) is 5.69 Å². The van der Waals surface area contributed by atoms with Crippen LogP contribution in [0.15, 0.2) is 34.9 Å². The van der Waals surface area contributed by atoms with Gasteiger partial charge in [0.15, 0.2) is 0 Å². The van der Waals surface area contributed by atoms with Gasteiger partial charge in [-0.2, -0.15) is 5.10 Å². The van der Waals surface area contributed by atoms with Crippen molar-refractivity contribution in [3.63, 3.8) is 0 Å². The first kappa shape index (κ1) is 13.8. The van der Waals surface area contributed by atoms with Crippen molar-refractivity contribution in [1.82, 2.24) is 14.8 Å². The van der Waals surface area contributed by atoms with Crippen molar-refractivity contribution >= 4 is 32.8 Å². The minimum atomic E-state index is -1.05. The third-order valence-electron chi connectivity index (χ3n) is 3.53. The number of fused-ring (bicyclic) bond motifs is 1. The van der Waals surface area contributed by atoms with Crippen molar-refractivity contribution in [2.75, 3.05) is 0 Å². The van der Waals surface area contributed by atoms with Gasteiger partial charge in [0.05, 0.1) is 11.7 Å². The van der Waals surface area contributed by atoms with Crippen LogP contribution in [0.3, 0.4) is 0 Å². The Bertz CT molecular complexity index is 871. The first-order valence-electron chi connectivity index (χ1n) is 6.30. The van der Waals surface area contributed by atoms with Crippen molar-refractivity contribution in [3.05, 3.63) is 46.3 Å². The number of nitrogens with zero attached hydrogens (tertiary/aromatic N) is 3. The van der Waals surface area contributed by atoms with Gasteiger partial charge in [0.25, 0.3) is 0 Å².